The average molecular weight is 318 g/mol. The van der Waals surface area contributed by atoms with Gasteiger partial charge in [-0.25, -0.2) is 4.39 Å². The molecule has 0 aliphatic carbocycles. The highest BCUT2D eigenvalue weighted by molar-refractivity contribution is 7.79. The van der Waals surface area contributed by atoms with Crippen LogP contribution >= 0.6 is 12.6 Å². The van der Waals surface area contributed by atoms with E-state index in [0.29, 0.717) is 12.1 Å². The molecule has 0 saturated heterocycles. The van der Waals surface area contributed by atoms with Crippen LogP contribution in [0, 0.1) is 5.82 Å². The van der Waals surface area contributed by atoms with E-state index in [1.165, 1.54) is 6.07 Å². The van der Waals surface area contributed by atoms with E-state index in [1.54, 1.807) is 18.5 Å². The summed E-state index contributed by atoms with van der Waals surface area (Å²) in [4.78, 5) is 4.32. The van der Waals surface area contributed by atoms with E-state index < -0.39 is 0 Å². The van der Waals surface area contributed by atoms with Gasteiger partial charge in [0.05, 0.1) is 11.2 Å². The molecule has 1 aromatic carbocycles. The summed E-state index contributed by atoms with van der Waals surface area (Å²) in [5.41, 5.74) is 2.50. The molecule has 1 aliphatic rings. The number of halogens is 1. The molecule has 0 unspecified atom stereocenters. The minimum absolute atomic E-state index is 0.216. The maximum absolute atomic E-state index is 13.8. The van der Waals surface area contributed by atoms with Gasteiger partial charge >= 0.3 is 0 Å². The number of pyridine rings is 1. The normalized spacial score (nSPS) is 11.1. The number of fused-ring (bicyclic) bond motifs is 5. The van der Waals surface area contributed by atoms with Gasteiger partial charge in [-0.05, 0) is 36.6 Å². The van der Waals surface area contributed by atoms with E-state index in [-0.39, 0.29) is 5.82 Å². The van der Waals surface area contributed by atoms with Crippen LogP contribution in [0.5, 0.6) is 5.75 Å². The number of aromatic nitrogens is 2. The van der Waals surface area contributed by atoms with Crippen LogP contribution in [-0.4, -0.2) is 15.8 Å². The number of rotatable bonds is 0. The summed E-state index contributed by atoms with van der Waals surface area (Å²) in [5, 5.41) is 0.606. The molecule has 0 N–H and O–H groups in total. The predicted octanol–water partition coefficient (Wildman–Crippen LogP) is 4.76. The summed E-state index contributed by atoms with van der Waals surface area (Å²) < 4.78 is 21.3. The third-order valence-corrected chi connectivity index (χ3v) is 3.26. The Kier molecular flexibility index (Phi) is 5.44. The zero-order valence-electron chi connectivity index (χ0n) is 12.9. The summed E-state index contributed by atoms with van der Waals surface area (Å²) >= 11 is 3.53. The fraction of sp³-hybridized carbons (Fsp3) is 0.235. The predicted molar refractivity (Wildman–Crippen MR) is 92.0 cm³/mol. The van der Waals surface area contributed by atoms with Gasteiger partial charge in [0.15, 0.2) is 6.73 Å². The average Bonchev–Trinajstić information content (AvgIpc) is 2.99. The van der Waals surface area contributed by atoms with Crippen molar-refractivity contribution in [3.8, 4) is 17.1 Å². The van der Waals surface area contributed by atoms with Gasteiger partial charge in [-0.3, -0.25) is 4.98 Å². The van der Waals surface area contributed by atoms with Crippen LogP contribution in [0.1, 0.15) is 13.8 Å². The van der Waals surface area contributed by atoms with E-state index in [9.17, 15) is 4.39 Å². The van der Waals surface area contributed by atoms with Crippen molar-refractivity contribution in [1.82, 2.24) is 9.55 Å². The summed E-state index contributed by atoms with van der Waals surface area (Å²) in [7, 11) is 0. The third kappa shape index (κ3) is 2.68. The highest BCUT2D eigenvalue weighted by Crippen LogP contribution is 2.36. The number of hydrogen-bond donors (Lipinski definition) is 1. The van der Waals surface area contributed by atoms with Gasteiger partial charge < -0.3 is 9.30 Å². The van der Waals surface area contributed by atoms with Gasteiger partial charge in [0.1, 0.15) is 17.3 Å². The van der Waals surface area contributed by atoms with Crippen molar-refractivity contribution in [2.75, 3.05) is 6.26 Å². The van der Waals surface area contributed by atoms with Gasteiger partial charge in [-0.15, -0.1) is 0 Å². The topological polar surface area (TPSA) is 27.1 Å². The Bertz CT molecular complexity index is 770. The third-order valence-electron chi connectivity index (χ3n) is 3.26. The smallest absolute Gasteiger partial charge is 0.165 e. The molecule has 0 radical (unpaired) electrons. The summed E-state index contributed by atoms with van der Waals surface area (Å²) in [6.45, 7) is 4.39. The quantitative estimate of drug-likeness (QED) is 0.605. The van der Waals surface area contributed by atoms with E-state index >= 15 is 0 Å². The molecule has 116 valence electrons. The molecule has 0 atom stereocenters. The molecule has 0 spiro atoms. The van der Waals surface area contributed by atoms with Crippen LogP contribution < -0.4 is 4.74 Å². The fourth-order valence-electron chi connectivity index (χ4n) is 2.42. The van der Waals surface area contributed by atoms with Crippen LogP contribution in [0.4, 0.5) is 4.39 Å². The lowest BCUT2D eigenvalue weighted by atomic mass is 10.2. The highest BCUT2D eigenvalue weighted by Gasteiger charge is 2.21. The molecular formula is C17H19FN2OS. The second-order valence-electron chi connectivity index (χ2n) is 4.25. The maximum atomic E-state index is 13.8. The SMILES string of the molecule is CC.CS.Fc1cccc2c1cc1n2COc2cccnc2-1. The molecular weight excluding hydrogens is 299 g/mol. The number of hydrogen-bond acceptors (Lipinski definition) is 3. The molecule has 3 aromatic rings. The van der Waals surface area contributed by atoms with Crippen LogP contribution in [0.25, 0.3) is 22.3 Å². The van der Waals surface area contributed by atoms with Gasteiger partial charge in [0.2, 0.25) is 0 Å². The zero-order valence-corrected chi connectivity index (χ0v) is 13.8. The van der Waals surface area contributed by atoms with Gasteiger partial charge in [0, 0.05) is 11.6 Å². The van der Waals surface area contributed by atoms with Crippen molar-refractivity contribution < 1.29 is 9.13 Å². The minimum atomic E-state index is -0.216. The van der Waals surface area contributed by atoms with Crippen molar-refractivity contribution in [3.63, 3.8) is 0 Å². The maximum Gasteiger partial charge on any atom is 0.165 e. The van der Waals surface area contributed by atoms with E-state index in [2.05, 4.69) is 17.6 Å². The fourth-order valence-corrected chi connectivity index (χ4v) is 2.42. The first-order valence-electron chi connectivity index (χ1n) is 7.15. The van der Waals surface area contributed by atoms with Crippen molar-refractivity contribution in [2.24, 2.45) is 0 Å². The Labute approximate surface area is 135 Å². The standard InChI is InChI=1S/C14H9FN2O.C2H6.CH4S/c15-10-3-1-4-11-9(10)7-12-14-13(5-2-6-16-14)18-8-17(11)12;2*1-2/h1-7H,8H2;1-2H3;2H,1H3. The van der Waals surface area contributed by atoms with E-state index in [4.69, 9.17) is 4.74 Å². The molecule has 4 rings (SSSR count). The lowest BCUT2D eigenvalue weighted by Crippen LogP contribution is -2.12. The van der Waals surface area contributed by atoms with Crippen molar-refractivity contribution in [2.45, 2.75) is 20.6 Å². The summed E-state index contributed by atoms with van der Waals surface area (Å²) in [6, 6.07) is 10.6. The van der Waals surface area contributed by atoms with Crippen LogP contribution in [-0.2, 0) is 6.73 Å². The minimum Gasteiger partial charge on any atom is -0.470 e. The molecule has 2 aromatic heterocycles. The molecule has 0 amide bonds. The first-order valence-corrected chi connectivity index (χ1v) is 8.05. The van der Waals surface area contributed by atoms with Crippen molar-refractivity contribution >= 4 is 23.5 Å². The second-order valence-corrected chi connectivity index (χ2v) is 4.25. The Morgan fingerprint density at radius 2 is 1.95 bits per heavy atom. The Morgan fingerprint density at radius 1 is 1.18 bits per heavy atom. The second kappa shape index (κ2) is 7.31. The van der Waals surface area contributed by atoms with Crippen LogP contribution in [0.3, 0.4) is 0 Å². The number of thiol groups is 1. The summed E-state index contributed by atoms with van der Waals surface area (Å²) in [5.74, 6) is 0.528. The van der Waals surface area contributed by atoms with Gasteiger partial charge in [-0.1, -0.05) is 19.9 Å². The molecule has 1 aliphatic heterocycles. The monoisotopic (exact) mass is 318 g/mol. The number of ether oxygens (including phenoxy) is 1. The number of nitrogens with zero attached hydrogens (tertiary/aromatic N) is 2. The van der Waals surface area contributed by atoms with Crippen LogP contribution in [0.15, 0.2) is 42.6 Å². The van der Waals surface area contributed by atoms with E-state index in [0.717, 1.165) is 22.7 Å². The largest absolute Gasteiger partial charge is 0.470 e. The van der Waals surface area contributed by atoms with Gasteiger partial charge in [-0.2, -0.15) is 12.6 Å². The first-order chi connectivity index (χ1) is 10.8. The van der Waals surface area contributed by atoms with E-state index in [1.807, 2.05) is 42.7 Å². The molecule has 3 heterocycles. The van der Waals surface area contributed by atoms with Gasteiger partial charge in [0.25, 0.3) is 0 Å². The Balaban J connectivity index is 0.000000410. The Morgan fingerprint density at radius 3 is 2.73 bits per heavy atom. The first kappa shape index (κ1) is 16.4. The lowest BCUT2D eigenvalue weighted by Gasteiger charge is -2.19. The molecule has 22 heavy (non-hydrogen) atoms. The highest BCUT2D eigenvalue weighted by atomic mass is 32.1. The molecule has 0 bridgehead atoms. The summed E-state index contributed by atoms with van der Waals surface area (Å²) in [6.07, 6.45) is 3.41. The lowest BCUT2D eigenvalue weighted by molar-refractivity contribution is 0.234. The Hall–Kier alpha value is -2.01. The molecule has 0 fully saturated rings. The molecule has 0 saturated carbocycles. The zero-order chi connectivity index (χ0) is 16.1. The van der Waals surface area contributed by atoms with Crippen LogP contribution in [0.2, 0.25) is 0 Å². The molecule has 5 heteroatoms. The van der Waals surface area contributed by atoms with Crippen molar-refractivity contribution in [3.05, 3.63) is 48.4 Å². The van der Waals surface area contributed by atoms with Crippen molar-refractivity contribution in [1.29, 1.82) is 0 Å². The molecule has 3 nitrogen and oxygen atoms in total. The number of benzene rings is 1.